The Labute approximate surface area is 96.5 Å². The minimum atomic E-state index is -3.54. The van der Waals surface area contributed by atoms with Crippen LogP contribution in [0.4, 0.5) is 3.50 Å². The van der Waals surface area contributed by atoms with E-state index in [1.807, 2.05) is 12.2 Å². The van der Waals surface area contributed by atoms with E-state index in [9.17, 15) is 3.50 Å². The predicted octanol–water partition coefficient (Wildman–Crippen LogP) is 1.05. The zero-order chi connectivity index (χ0) is 10.6. The van der Waals surface area contributed by atoms with Gasteiger partial charge in [0.25, 0.3) is 0 Å². The number of halogens is 1. The Balaban J connectivity index is 3.00. The van der Waals surface area contributed by atoms with Crippen LogP contribution in [-0.4, -0.2) is 37.2 Å². The third kappa shape index (κ3) is 2.27. The summed E-state index contributed by atoms with van der Waals surface area (Å²) in [6.07, 6.45) is 4.55. The van der Waals surface area contributed by atoms with Crippen LogP contribution in [0, 0.1) is 0 Å². The van der Waals surface area contributed by atoms with Crippen molar-refractivity contribution in [3.63, 3.8) is 0 Å². The fraction of sp³-hybridized carbons (Fsp3) is 0.500. The van der Waals surface area contributed by atoms with Gasteiger partial charge in [0.1, 0.15) is 0 Å². The molecule has 0 fully saturated rings. The molecule has 0 saturated heterocycles. The Kier molecular flexibility index (Phi) is 5.21. The molecule has 0 bridgehead atoms. The zero-order valence-corrected chi connectivity index (χ0v) is 14.1. The molecule has 1 aliphatic rings. The third-order valence-corrected chi connectivity index (χ3v) is 13.2. The van der Waals surface area contributed by atoms with Crippen LogP contribution < -0.4 is 0 Å². The van der Waals surface area contributed by atoms with Gasteiger partial charge in [-0.1, -0.05) is 0 Å². The van der Waals surface area contributed by atoms with Crippen LogP contribution in [0.3, 0.4) is 0 Å². The number of allylic oxidation sites excluding steroid dienone is 4. The molecule has 1 rings (SSSR count). The van der Waals surface area contributed by atoms with E-state index in [2.05, 4.69) is 0 Å². The van der Waals surface area contributed by atoms with Crippen LogP contribution in [-0.2, 0) is 30.0 Å². The van der Waals surface area contributed by atoms with Gasteiger partial charge in [0.2, 0.25) is 0 Å². The van der Waals surface area contributed by atoms with Gasteiger partial charge in [0, 0.05) is 0 Å². The fourth-order valence-electron chi connectivity index (χ4n) is 1.62. The molecule has 3 nitrogen and oxygen atoms in total. The van der Waals surface area contributed by atoms with Crippen LogP contribution in [0.25, 0.3) is 0 Å². The van der Waals surface area contributed by atoms with Crippen molar-refractivity contribution in [1.82, 2.24) is 0 Å². The molecule has 0 N–H and O–H groups in total. The molecule has 0 saturated carbocycles. The first-order valence-electron chi connectivity index (χ1n) is 4.34. The molecule has 0 radical (unpaired) electrons. The van der Waals surface area contributed by atoms with Crippen LogP contribution >= 0.6 is 0 Å². The normalized spacial score (nSPS) is 17.7. The standard InChI is InChI=1S/C5H6FGe.3CH3O.Zr/c6-7-5-3-1-2-4-5;3*1-2;/h1,3H,2,7H2;3*1H3;/q;3*-1;+3. The number of rotatable bonds is 5. The van der Waals surface area contributed by atoms with Crippen LogP contribution in [0.5, 0.6) is 0 Å². The van der Waals surface area contributed by atoms with Gasteiger partial charge in [0.15, 0.2) is 0 Å². The van der Waals surface area contributed by atoms with Gasteiger partial charge in [-0.25, -0.2) is 0 Å². The maximum absolute atomic E-state index is 12.8. The summed E-state index contributed by atoms with van der Waals surface area (Å²) < 4.78 is 30.8. The van der Waals surface area contributed by atoms with Crippen molar-refractivity contribution in [2.75, 3.05) is 21.3 Å². The van der Waals surface area contributed by atoms with E-state index in [0.29, 0.717) is 0 Å². The molecule has 14 heavy (non-hydrogen) atoms. The summed E-state index contributed by atoms with van der Waals surface area (Å²) in [6, 6.07) is 0. The molecule has 6 heteroatoms. The summed E-state index contributed by atoms with van der Waals surface area (Å²) in [5.41, 5.74) is 0. The summed E-state index contributed by atoms with van der Waals surface area (Å²) in [7, 11) is 4.74. The molecule has 0 aromatic carbocycles. The van der Waals surface area contributed by atoms with Crippen molar-refractivity contribution in [1.29, 1.82) is 0 Å². The van der Waals surface area contributed by atoms with E-state index >= 15 is 0 Å². The summed E-state index contributed by atoms with van der Waals surface area (Å²) in [6.45, 7) is 0. The third-order valence-electron chi connectivity index (χ3n) is 2.35. The maximum atomic E-state index is 12.8. The van der Waals surface area contributed by atoms with Gasteiger partial charge < -0.3 is 0 Å². The Morgan fingerprint density at radius 2 is 1.86 bits per heavy atom. The van der Waals surface area contributed by atoms with E-state index in [1.165, 1.54) is 0 Å². The predicted molar refractivity (Wildman–Crippen MR) is 51.5 cm³/mol. The van der Waals surface area contributed by atoms with Gasteiger partial charge >= 0.3 is 97.0 Å². The fourth-order valence-corrected chi connectivity index (χ4v) is 11.5. The van der Waals surface area contributed by atoms with Crippen molar-refractivity contribution in [2.24, 2.45) is 0 Å². The van der Waals surface area contributed by atoms with Crippen molar-refractivity contribution in [3.8, 4) is 0 Å². The van der Waals surface area contributed by atoms with E-state index in [-0.39, 0.29) is 0 Å². The quantitative estimate of drug-likeness (QED) is 0.700. The summed E-state index contributed by atoms with van der Waals surface area (Å²) >= 11 is -5.61. The molecule has 0 unspecified atom stereocenters. The van der Waals surface area contributed by atoms with Gasteiger partial charge in [-0.3, -0.25) is 0 Å². The Bertz CT molecular complexity index is 255. The van der Waals surface area contributed by atoms with E-state index in [1.54, 1.807) is 21.3 Å². The van der Waals surface area contributed by atoms with Crippen molar-refractivity contribution in [3.05, 3.63) is 19.8 Å². The Morgan fingerprint density at radius 1 is 1.29 bits per heavy atom. The van der Waals surface area contributed by atoms with Gasteiger partial charge in [-0.15, -0.1) is 0 Å². The molecular weight excluding hydrogens is 327 g/mol. The van der Waals surface area contributed by atoms with Gasteiger partial charge in [0.05, 0.1) is 0 Å². The monoisotopic (exact) mass is 342 g/mol. The molecule has 1 aliphatic carbocycles. The first-order chi connectivity index (χ1) is 6.74. The molecule has 0 spiro atoms. The average Bonchev–Trinajstić information content (AvgIpc) is 2.70. The SMILES string of the molecule is C[O][Zr]([O]C)([O]C)[C]1=[C]([GeH2][F])C=CC1. The van der Waals surface area contributed by atoms with Crippen molar-refractivity contribution in [2.45, 2.75) is 6.42 Å². The Hall–Kier alpha value is 0.716. The zero-order valence-electron chi connectivity index (χ0n) is 8.67. The molecule has 0 aromatic rings. The van der Waals surface area contributed by atoms with E-state index in [0.717, 1.165) is 14.1 Å². The van der Waals surface area contributed by atoms with E-state index < -0.39 is 37.5 Å². The first kappa shape index (κ1) is 12.8. The molecule has 0 aliphatic heterocycles. The van der Waals surface area contributed by atoms with Crippen LogP contribution in [0.1, 0.15) is 6.42 Å². The average molecular weight is 342 g/mol. The summed E-state index contributed by atoms with van der Waals surface area (Å²) in [5.74, 6) is 0. The second-order valence-corrected chi connectivity index (χ2v) is 12.3. The molecular formula is C8H15FGeO3Zr. The molecule has 0 amide bonds. The number of hydrogen-bond donors (Lipinski definition) is 0. The molecule has 0 atom stereocenters. The summed E-state index contributed by atoms with van der Waals surface area (Å²) in [4.78, 5) is 0. The second kappa shape index (κ2) is 5.71. The second-order valence-electron chi connectivity index (χ2n) is 2.91. The first-order valence-corrected chi connectivity index (χ1v) is 11.2. The van der Waals surface area contributed by atoms with E-state index in [4.69, 9.17) is 8.44 Å². The van der Waals surface area contributed by atoms with Crippen LogP contribution in [0.15, 0.2) is 19.8 Å². The van der Waals surface area contributed by atoms with Crippen molar-refractivity contribution < 1.29 is 33.5 Å². The molecule has 80 valence electrons. The van der Waals surface area contributed by atoms with Crippen LogP contribution in [0.2, 0.25) is 0 Å². The van der Waals surface area contributed by atoms with Gasteiger partial charge in [-0.2, -0.15) is 0 Å². The Morgan fingerprint density at radius 3 is 2.29 bits per heavy atom. The summed E-state index contributed by atoms with van der Waals surface area (Å²) in [5, 5.41) is 0. The molecule has 0 aromatic heterocycles. The minimum absolute atomic E-state index is 0.732. The van der Waals surface area contributed by atoms with Crippen molar-refractivity contribution >= 4 is 15.9 Å². The topological polar surface area (TPSA) is 27.7 Å². The van der Waals surface area contributed by atoms with Gasteiger partial charge in [-0.05, 0) is 0 Å². The number of hydrogen-bond acceptors (Lipinski definition) is 3. The molecule has 0 heterocycles.